The Hall–Kier alpha value is -1.06. The number of hydrogen-bond acceptors (Lipinski definition) is 2. The molecule has 0 bridgehead atoms. The van der Waals surface area contributed by atoms with Gasteiger partial charge in [-0.25, -0.2) is 0 Å². The molecule has 0 aromatic rings. The van der Waals surface area contributed by atoms with Gasteiger partial charge in [-0.15, -0.1) is 0 Å². The number of carbonyl (C=O) groups is 2. The zero-order valence-corrected chi connectivity index (χ0v) is 11.8. The molecule has 0 aliphatic heterocycles. The molecule has 0 spiro atoms. The van der Waals surface area contributed by atoms with E-state index in [2.05, 4.69) is 20.8 Å². The smallest absolute Gasteiger partial charge is 0.303 e. The lowest BCUT2D eigenvalue weighted by atomic mass is 9.85. The highest BCUT2D eigenvalue weighted by Gasteiger charge is 2.27. The molecule has 100 valence electrons. The van der Waals surface area contributed by atoms with Crippen LogP contribution in [-0.4, -0.2) is 35.5 Å². The largest absolute Gasteiger partial charge is 0.481 e. The minimum atomic E-state index is -0.860. The van der Waals surface area contributed by atoms with E-state index in [-0.39, 0.29) is 24.2 Å². The number of carboxylic acids is 1. The molecule has 0 unspecified atom stereocenters. The first-order valence-electron chi connectivity index (χ1n) is 5.89. The van der Waals surface area contributed by atoms with Crippen LogP contribution in [0.2, 0.25) is 0 Å². The van der Waals surface area contributed by atoms with Crippen molar-refractivity contribution < 1.29 is 14.7 Å². The van der Waals surface area contributed by atoms with Crippen LogP contribution in [0.3, 0.4) is 0 Å². The predicted octanol–water partition coefficient (Wildman–Crippen LogP) is 2.38. The summed E-state index contributed by atoms with van der Waals surface area (Å²) in [4.78, 5) is 24.3. The standard InChI is InChI=1S/C13H25NO3/c1-12(2,3)9-14(6)10(15)7-13(4,5)8-11(16)17/h7-9H2,1-6H3,(H,16,17). The van der Waals surface area contributed by atoms with Gasteiger partial charge < -0.3 is 10.0 Å². The summed E-state index contributed by atoms with van der Waals surface area (Å²) in [6, 6.07) is 0. The van der Waals surface area contributed by atoms with E-state index in [1.807, 2.05) is 13.8 Å². The minimum absolute atomic E-state index is 0.00572. The lowest BCUT2D eigenvalue weighted by Crippen LogP contribution is -2.37. The van der Waals surface area contributed by atoms with Crippen LogP contribution >= 0.6 is 0 Å². The van der Waals surface area contributed by atoms with Crippen molar-refractivity contribution in [2.24, 2.45) is 10.8 Å². The van der Waals surface area contributed by atoms with Gasteiger partial charge in [0.2, 0.25) is 5.91 Å². The molecule has 0 heterocycles. The molecule has 1 N–H and O–H groups in total. The second kappa shape index (κ2) is 5.52. The highest BCUT2D eigenvalue weighted by molar-refractivity contribution is 5.77. The van der Waals surface area contributed by atoms with Crippen LogP contribution in [0.5, 0.6) is 0 Å². The first-order chi connectivity index (χ1) is 7.43. The van der Waals surface area contributed by atoms with E-state index in [9.17, 15) is 9.59 Å². The Bertz CT molecular complexity index is 290. The number of nitrogens with zero attached hydrogens (tertiary/aromatic N) is 1. The lowest BCUT2D eigenvalue weighted by Gasteiger charge is -2.30. The van der Waals surface area contributed by atoms with Crippen LogP contribution in [-0.2, 0) is 9.59 Å². The second-order valence-corrected chi connectivity index (χ2v) is 6.72. The van der Waals surface area contributed by atoms with E-state index < -0.39 is 11.4 Å². The molecular formula is C13H25NO3. The Morgan fingerprint density at radius 3 is 1.88 bits per heavy atom. The van der Waals surface area contributed by atoms with E-state index in [1.165, 1.54) is 0 Å². The van der Waals surface area contributed by atoms with Gasteiger partial charge in [0.15, 0.2) is 0 Å². The molecule has 0 saturated carbocycles. The third kappa shape index (κ3) is 7.77. The average molecular weight is 243 g/mol. The third-order valence-electron chi connectivity index (χ3n) is 2.40. The number of amides is 1. The summed E-state index contributed by atoms with van der Waals surface area (Å²) in [7, 11) is 1.77. The molecule has 4 nitrogen and oxygen atoms in total. The van der Waals surface area contributed by atoms with Crippen molar-refractivity contribution in [2.75, 3.05) is 13.6 Å². The normalized spacial score (nSPS) is 12.4. The molecule has 0 aliphatic carbocycles. The monoisotopic (exact) mass is 243 g/mol. The molecule has 0 saturated heterocycles. The van der Waals surface area contributed by atoms with Crippen LogP contribution in [0, 0.1) is 10.8 Å². The molecule has 17 heavy (non-hydrogen) atoms. The van der Waals surface area contributed by atoms with Crippen molar-refractivity contribution in [3.63, 3.8) is 0 Å². The molecule has 0 rings (SSSR count). The zero-order chi connectivity index (χ0) is 13.9. The molecule has 1 amide bonds. The average Bonchev–Trinajstić information content (AvgIpc) is 1.96. The first-order valence-corrected chi connectivity index (χ1v) is 5.89. The van der Waals surface area contributed by atoms with Gasteiger partial charge >= 0.3 is 5.97 Å². The van der Waals surface area contributed by atoms with Crippen LogP contribution in [0.25, 0.3) is 0 Å². The summed E-state index contributed by atoms with van der Waals surface area (Å²) in [6.45, 7) is 10.5. The number of carbonyl (C=O) groups excluding carboxylic acids is 1. The van der Waals surface area contributed by atoms with Gasteiger partial charge in [0.05, 0.1) is 6.42 Å². The number of hydrogen-bond donors (Lipinski definition) is 1. The molecule has 0 aromatic heterocycles. The quantitative estimate of drug-likeness (QED) is 0.806. The van der Waals surface area contributed by atoms with E-state index in [4.69, 9.17) is 5.11 Å². The lowest BCUT2D eigenvalue weighted by molar-refractivity contribution is -0.140. The number of aliphatic carboxylic acids is 1. The van der Waals surface area contributed by atoms with E-state index in [0.29, 0.717) is 6.54 Å². The fraction of sp³-hybridized carbons (Fsp3) is 0.846. The Balaban J connectivity index is 4.39. The molecule has 0 aliphatic rings. The van der Waals surface area contributed by atoms with Crippen molar-refractivity contribution in [1.29, 1.82) is 0 Å². The van der Waals surface area contributed by atoms with Crippen molar-refractivity contribution >= 4 is 11.9 Å². The summed E-state index contributed by atoms with van der Waals surface area (Å²) in [5.74, 6) is -0.854. The van der Waals surface area contributed by atoms with E-state index in [0.717, 1.165) is 0 Å². The molecule has 0 atom stereocenters. The highest BCUT2D eigenvalue weighted by atomic mass is 16.4. The fourth-order valence-corrected chi connectivity index (χ4v) is 1.82. The van der Waals surface area contributed by atoms with Gasteiger partial charge in [0.1, 0.15) is 0 Å². The Morgan fingerprint density at radius 2 is 1.53 bits per heavy atom. The second-order valence-electron chi connectivity index (χ2n) is 6.72. The van der Waals surface area contributed by atoms with Crippen molar-refractivity contribution in [1.82, 2.24) is 4.90 Å². The minimum Gasteiger partial charge on any atom is -0.481 e. The van der Waals surface area contributed by atoms with Gasteiger partial charge in [-0.1, -0.05) is 34.6 Å². The maximum absolute atomic E-state index is 12.0. The Labute approximate surface area is 104 Å². The van der Waals surface area contributed by atoms with E-state index >= 15 is 0 Å². The van der Waals surface area contributed by atoms with Gasteiger partial charge in [-0.3, -0.25) is 9.59 Å². The summed E-state index contributed by atoms with van der Waals surface area (Å²) in [5.41, 5.74) is -0.434. The summed E-state index contributed by atoms with van der Waals surface area (Å²) < 4.78 is 0. The summed E-state index contributed by atoms with van der Waals surface area (Å²) >= 11 is 0. The van der Waals surface area contributed by atoms with Crippen molar-refractivity contribution in [3.05, 3.63) is 0 Å². The van der Waals surface area contributed by atoms with Crippen LogP contribution in [0.1, 0.15) is 47.5 Å². The summed E-state index contributed by atoms with van der Waals surface area (Å²) in [5, 5.41) is 8.76. The Morgan fingerprint density at radius 1 is 1.06 bits per heavy atom. The van der Waals surface area contributed by atoms with Crippen LogP contribution in [0.4, 0.5) is 0 Å². The molecule has 4 heteroatoms. The van der Waals surface area contributed by atoms with Gasteiger partial charge in [-0.05, 0) is 10.8 Å². The van der Waals surface area contributed by atoms with Gasteiger partial charge in [0, 0.05) is 20.0 Å². The molecule has 0 aromatic carbocycles. The number of carboxylic acid groups (broad SMARTS) is 1. The highest BCUT2D eigenvalue weighted by Crippen LogP contribution is 2.26. The first kappa shape index (κ1) is 15.9. The molecule has 0 fully saturated rings. The molecule has 0 radical (unpaired) electrons. The zero-order valence-electron chi connectivity index (χ0n) is 11.8. The van der Waals surface area contributed by atoms with Gasteiger partial charge in [0.25, 0.3) is 0 Å². The predicted molar refractivity (Wildman–Crippen MR) is 67.7 cm³/mol. The van der Waals surface area contributed by atoms with Crippen molar-refractivity contribution in [2.45, 2.75) is 47.5 Å². The van der Waals surface area contributed by atoms with E-state index in [1.54, 1.807) is 11.9 Å². The summed E-state index contributed by atoms with van der Waals surface area (Å²) in [6.07, 6.45) is 0.286. The maximum atomic E-state index is 12.0. The van der Waals surface area contributed by atoms with Crippen LogP contribution in [0.15, 0.2) is 0 Å². The SMILES string of the molecule is CN(CC(C)(C)C)C(=O)CC(C)(C)CC(=O)O. The fourth-order valence-electron chi connectivity index (χ4n) is 1.82. The molecular weight excluding hydrogens is 218 g/mol. The van der Waals surface area contributed by atoms with Gasteiger partial charge in [-0.2, -0.15) is 0 Å². The topological polar surface area (TPSA) is 57.6 Å². The third-order valence-corrected chi connectivity index (χ3v) is 2.40. The van der Waals surface area contributed by atoms with Crippen LogP contribution < -0.4 is 0 Å². The maximum Gasteiger partial charge on any atom is 0.303 e. The Kier molecular flexibility index (Phi) is 5.17. The van der Waals surface area contributed by atoms with Crippen molar-refractivity contribution in [3.8, 4) is 0 Å². The number of rotatable bonds is 5.